The fourth-order valence-electron chi connectivity index (χ4n) is 3.74. The van der Waals surface area contributed by atoms with Gasteiger partial charge in [-0.1, -0.05) is 31.2 Å². The van der Waals surface area contributed by atoms with E-state index in [4.69, 9.17) is 4.74 Å². The second-order valence-electron chi connectivity index (χ2n) is 7.92. The molecule has 0 aromatic heterocycles. The van der Waals surface area contributed by atoms with Gasteiger partial charge in [0, 0.05) is 12.0 Å². The minimum absolute atomic E-state index is 0.0321. The van der Waals surface area contributed by atoms with E-state index in [1.165, 1.54) is 12.1 Å². The molecule has 0 atom stereocenters. The van der Waals surface area contributed by atoms with Crippen molar-refractivity contribution in [2.75, 3.05) is 0 Å². The number of hydrogen-bond donors (Lipinski definition) is 2. The van der Waals surface area contributed by atoms with Gasteiger partial charge in [0.2, 0.25) is 0 Å². The summed E-state index contributed by atoms with van der Waals surface area (Å²) in [6, 6.07) is 15.3. The molecule has 3 aromatic carbocycles. The first-order valence-corrected chi connectivity index (χ1v) is 10.6. The highest BCUT2D eigenvalue weighted by molar-refractivity contribution is 5.96. The van der Waals surface area contributed by atoms with E-state index in [0.29, 0.717) is 29.7 Å². The van der Waals surface area contributed by atoms with Crippen LogP contribution in [0.15, 0.2) is 54.6 Å². The Kier molecular flexibility index (Phi) is 7.28. The van der Waals surface area contributed by atoms with Crippen molar-refractivity contribution in [3.63, 3.8) is 0 Å². The molecule has 0 radical (unpaired) electrons. The lowest BCUT2D eigenvalue weighted by Gasteiger charge is -2.16. The summed E-state index contributed by atoms with van der Waals surface area (Å²) >= 11 is 0. The minimum atomic E-state index is -1.17. The second-order valence-corrected chi connectivity index (χ2v) is 7.92. The maximum absolute atomic E-state index is 11.9. The predicted octanol–water partition coefficient (Wildman–Crippen LogP) is 5.46. The number of hydrogen-bond acceptors (Lipinski definition) is 4. The van der Waals surface area contributed by atoms with Crippen molar-refractivity contribution in [1.29, 1.82) is 0 Å². The fourth-order valence-corrected chi connectivity index (χ4v) is 3.74. The SMILES string of the molecule is CCC(=O)c1ccc(OCc2c(C)cccc2Cc2ccc(C(=O)O)cc2C(=O)O)c(C)c1. The first-order chi connectivity index (χ1) is 15.7. The quantitative estimate of drug-likeness (QED) is 0.423. The van der Waals surface area contributed by atoms with Crippen molar-refractivity contribution in [2.45, 2.75) is 40.2 Å². The Labute approximate surface area is 192 Å². The van der Waals surface area contributed by atoms with Crippen LogP contribution in [0.4, 0.5) is 0 Å². The van der Waals surface area contributed by atoms with Crippen LogP contribution in [0.2, 0.25) is 0 Å². The van der Waals surface area contributed by atoms with Gasteiger partial charge in [0.15, 0.2) is 5.78 Å². The van der Waals surface area contributed by atoms with Crippen LogP contribution in [0, 0.1) is 13.8 Å². The second kappa shape index (κ2) is 10.1. The van der Waals surface area contributed by atoms with Gasteiger partial charge in [0.1, 0.15) is 12.4 Å². The zero-order chi connectivity index (χ0) is 24.1. The molecule has 0 heterocycles. The zero-order valence-corrected chi connectivity index (χ0v) is 18.8. The molecule has 6 nitrogen and oxygen atoms in total. The van der Waals surface area contributed by atoms with Crippen molar-refractivity contribution in [3.8, 4) is 5.75 Å². The number of carbonyl (C=O) groups is 3. The smallest absolute Gasteiger partial charge is 0.336 e. The molecule has 33 heavy (non-hydrogen) atoms. The summed E-state index contributed by atoms with van der Waals surface area (Å²) in [5.74, 6) is -1.59. The first-order valence-electron chi connectivity index (χ1n) is 10.6. The zero-order valence-electron chi connectivity index (χ0n) is 18.8. The number of rotatable bonds is 9. The monoisotopic (exact) mass is 446 g/mol. The summed E-state index contributed by atoms with van der Waals surface area (Å²) in [6.07, 6.45) is 0.767. The Morgan fingerprint density at radius 3 is 2.18 bits per heavy atom. The number of aromatic carboxylic acids is 2. The molecule has 0 spiro atoms. The molecule has 0 bridgehead atoms. The molecule has 0 aliphatic carbocycles. The van der Waals surface area contributed by atoms with E-state index in [-0.39, 0.29) is 23.5 Å². The summed E-state index contributed by atoms with van der Waals surface area (Å²) in [6.45, 7) is 5.96. The van der Waals surface area contributed by atoms with E-state index < -0.39 is 11.9 Å². The molecule has 2 N–H and O–H groups in total. The molecule has 0 amide bonds. The van der Waals surface area contributed by atoms with Gasteiger partial charge >= 0.3 is 11.9 Å². The van der Waals surface area contributed by atoms with Crippen molar-refractivity contribution < 1.29 is 29.3 Å². The van der Waals surface area contributed by atoms with Crippen LogP contribution in [0.1, 0.15) is 72.2 Å². The van der Waals surface area contributed by atoms with Crippen LogP contribution in [-0.2, 0) is 13.0 Å². The third-order valence-electron chi connectivity index (χ3n) is 5.67. The number of aryl methyl sites for hydroxylation is 2. The van der Waals surface area contributed by atoms with E-state index in [9.17, 15) is 24.6 Å². The van der Waals surface area contributed by atoms with Crippen LogP contribution < -0.4 is 4.74 Å². The molecule has 3 rings (SSSR count). The molecule has 0 saturated carbocycles. The predicted molar refractivity (Wildman–Crippen MR) is 124 cm³/mol. The highest BCUT2D eigenvalue weighted by Gasteiger charge is 2.17. The summed E-state index contributed by atoms with van der Waals surface area (Å²) in [7, 11) is 0. The summed E-state index contributed by atoms with van der Waals surface area (Å²) in [4.78, 5) is 34.9. The van der Waals surface area contributed by atoms with Crippen LogP contribution in [0.5, 0.6) is 5.75 Å². The molecular formula is C27H26O6. The molecule has 170 valence electrons. The molecule has 6 heteroatoms. The third-order valence-corrected chi connectivity index (χ3v) is 5.67. The van der Waals surface area contributed by atoms with Crippen molar-refractivity contribution in [3.05, 3.63) is 99.1 Å². The average molecular weight is 446 g/mol. The van der Waals surface area contributed by atoms with Gasteiger partial charge in [-0.25, -0.2) is 9.59 Å². The van der Waals surface area contributed by atoms with Crippen LogP contribution in [-0.4, -0.2) is 27.9 Å². The number of ketones is 1. The van der Waals surface area contributed by atoms with Gasteiger partial charge in [-0.3, -0.25) is 4.79 Å². The maximum atomic E-state index is 11.9. The van der Waals surface area contributed by atoms with Crippen LogP contribution in [0.25, 0.3) is 0 Å². The molecule has 0 saturated heterocycles. The summed E-state index contributed by atoms with van der Waals surface area (Å²) in [5.41, 5.74) is 4.78. The number of carbonyl (C=O) groups excluding carboxylic acids is 1. The standard InChI is InChI=1S/C27H26O6/c1-4-24(28)20-10-11-25(17(3)12-20)33-15-23-16(2)6-5-7-18(23)13-19-8-9-21(26(29)30)14-22(19)27(31)32/h5-12,14H,4,13,15H2,1-3H3,(H,29,30)(H,31,32). The highest BCUT2D eigenvalue weighted by atomic mass is 16.5. The Morgan fingerprint density at radius 2 is 1.55 bits per heavy atom. The number of benzene rings is 3. The Bertz CT molecular complexity index is 1230. The third kappa shape index (κ3) is 5.47. The maximum Gasteiger partial charge on any atom is 0.336 e. The Balaban J connectivity index is 1.88. The van der Waals surface area contributed by atoms with E-state index in [2.05, 4.69) is 0 Å². The normalized spacial score (nSPS) is 10.6. The topological polar surface area (TPSA) is 101 Å². The summed E-state index contributed by atoms with van der Waals surface area (Å²) in [5, 5.41) is 18.8. The van der Waals surface area contributed by atoms with E-state index >= 15 is 0 Å². The van der Waals surface area contributed by atoms with Crippen molar-refractivity contribution >= 4 is 17.7 Å². The van der Waals surface area contributed by atoms with Gasteiger partial charge in [-0.05, 0) is 78.4 Å². The molecule has 3 aromatic rings. The van der Waals surface area contributed by atoms with Crippen molar-refractivity contribution in [2.24, 2.45) is 0 Å². The lowest BCUT2D eigenvalue weighted by molar-refractivity contribution is 0.0695. The number of carboxylic acid groups (broad SMARTS) is 2. The molecule has 0 fully saturated rings. The van der Waals surface area contributed by atoms with E-state index in [1.807, 2.05) is 45.0 Å². The van der Waals surface area contributed by atoms with E-state index in [0.717, 1.165) is 22.3 Å². The highest BCUT2D eigenvalue weighted by Crippen LogP contribution is 2.25. The van der Waals surface area contributed by atoms with Crippen LogP contribution in [0.3, 0.4) is 0 Å². The first kappa shape index (κ1) is 23.7. The van der Waals surface area contributed by atoms with Gasteiger partial charge in [0.05, 0.1) is 11.1 Å². The van der Waals surface area contributed by atoms with E-state index in [1.54, 1.807) is 18.2 Å². The van der Waals surface area contributed by atoms with Gasteiger partial charge in [-0.2, -0.15) is 0 Å². The largest absolute Gasteiger partial charge is 0.489 e. The number of Topliss-reactive ketones (excluding diaryl/α,β-unsaturated/α-hetero) is 1. The van der Waals surface area contributed by atoms with Gasteiger partial charge < -0.3 is 14.9 Å². The number of ether oxygens (including phenoxy) is 1. The van der Waals surface area contributed by atoms with Gasteiger partial charge in [0.25, 0.3) is 0 Å². The molecule has 0 unspecified atom stereocenters. The molecular weight excluding hydrogens is 420 g/mol. The fraction of sp³-hybridized carbons (Fsp3) is 0.222. The Hall–Kier alpha value is -3.93. The Morgan fingerprint density at radius 1 is 0.818 bits per heavy atom. The van der Waals surface area contributed by atoms with Crippen molar-refractivity contribution in [1.82, 2.24) is 0 Å². The molecule has 0 aliphatic heterocycles. The molecule has 0 aliphatic rings. The van der Waals surface area contributed by atoms with Gasteiger partial charge in [-0.15, -0.1) is 0 Å². The van der Waals surface area contributed by atoms with Crippen LogP contribution >= 0.6 is 0 Å². The minimum Gasteiger partial charge on any atom is -0.489 e. The summed E-state index contributed by atoms with van der Waals surface area (Å²) < 4.78 is 6.07. The number of carboxylic acids is 2. The lowest BCUT2D eigenvalue weighted by Crippen LogP contribution is -2.09. The lowest BCUT2D eigenvalue weighted by atomic mass is 9.93. The average Bonchev–Trinajstić information content (AvgIpc) is 2.78.